The molecule has 0 N–H and O–H groups in total. The van der Waals surface area contributed by atoms with Gasteiger partial charge in [-0.2, -0.15) is 0 Å². The van der Waals surface area contributed by atoms with Crippen LogP contribution in [0.5, 0.6) is 11.5 Å². The number of nitrogens with zero attached hydrogens (tertiary/aromatic N) is 1. The van der Waals surface area contributed by atoms with Crippen molar-refractivity contribution < 1.29 is 37.0 Å². The smallest absolute Gasteiger partial charge is 0.497 e. The number of alkyl halides is 3. The van der Waals surface area contributed by atoms with E-state index < -0.39 is 24.0 Å². The molecule has 6 nitrogen and oxygen atoms in total. The molecule has 0 aliphatic heterocycles. The molecular weight excluding hydrogens is 427 g/mol. The summed E-state index contributed by atoms with van der Waals surface area (Å²) in [5.41, 5.74) is 1.83. The van der Waals surface area contributed by atoms with Gasteiger partial charge in [0.2, 0.25) is 0 Å². The lowest BCUT2D eigenvalue weighted by Gasteiger charge is -2.11. The molecule has 0 aliphatic rings. The number of rotatable bonds is 6. The van der Waals surface area contributed by atoms with E-state index in [2.05, 4.69) is 4.74 Å². The molecule has 0 aliphatic carbocycles. The van der Waals surface area contributed by atoms with Crippen LogP contribution in [0.3, 0.4) is 0 Å². The first-order valence-electron chi connectivity index (χ1n) is 9.78. The Morgan fingerprint density at radius 2 is 1.66 bits per heavy atom. The summed E-state index contributed by atoms with van der Waals surface area (Å²) in [5, 5.41) is 0.646. The quantitative estimate of drug-likeness (QED) is 0.494. The molecule has 0 spiro atoms. The molecule has 0 bridgehead atoms. The van der Waals surface area contributed by atoms with Crippen molar-refractivity contribution in [3.05, 3.63) is 59.3 Å². The van der Waals surface area contributed by atoms with Gasteiger partial charge in [-0.1, -0.05) is 0 Å². The molecule has 9 heteroatoms. The minimum absolute atomic E-state index is 0.0493. The molecule has 32 heavy (non-hydrogen) atoms. The Hall–Kier alpha value is -3.49. The van der Waals surface area contributed by atoms with Crippen LogP contribution in [-0.4, -0.2) is 36.0 Å². The lowest BCUT2D eigenvalue weighted by Crippen LogP contribution is -2.18. The first-order valence-corrected chi connectivity index (χ1v) is 9.78. The van der Waals surface area contributed by atoms with Gasteiger partial charge in [-0.25, -0.2) is 0 Å². The van der Waals surface area contributed by atoms with Crippen LogP contribution in [0.4, 0.5) is 13.2 Å². The summed E-state index contributed by atoms with van der Waals surface area (Å²) in [5.74, 6) is -0.773. The topological polar surface area (TPSA) is 66.8 Å². The number of fused-ring (bicyclic) bond motifs is 1. The molecule has 0 saturated carbocycles. The third-order valence-corrected chi connectivity index (χ3v) is 4.77. The van der Waals surface area contributed by atoms with Crippen LogP contribution >= 0.6 is 0 Å². The lowest BCUT2D eigenvalue weighted by atomic mass is 10.1. The standard InChI is InChI=1S/C23H22F3NO5/c1-13(2)31-21(28)12-18-14(3)27(20-10-9-17(30-4)11-19(18)20)22(29)15-5-7-16(8-6-15)32-23(24,25)26/h5-11,13H,12H2,1-4H3. The highest BCUT2D eigenvalue weighted by atomic mass is 19.4. The van der Waals surface area contributed by atoms with Crippen molar-refractivity contribution in [2.45, 2.75) is 39.7 Å². The summed E-state index contributed by atoms with van der Waals surface area (Å²) < 4.78 is 53.0. The van der Waals surface area contributed by atoms with Gasteiger partial charge in [-0.3, -0.25) is 14.2 Å². The van der Waals surface area contributed by atoms with Gasteiger partial charge >= 0.3 is 12.3 Å². The van der Waals surface area contributed by atoms with Crippen molar-refractivity contribution in [3.8, 4) is 11.5 Å². The van der Waals surface area contributed by atoms with E-state index >= 15 is 0 Å². The van der Waals surface area contributed by atoms with E-state index in [4.69, 9.17) is 9.47 Å². The number of aromatic nitrogens is 1. The van der Waals surface area contributed by atoms with Gasteiger partial charge < -0.3 is 14.2 Å². The van der Waals surface area contributed by atoms with Gasteiger partial charge in [-0.15, -0.1) is 13.2 Å². The molecule has 1 heterocycles. The van der Waals surface area contributed by atoms with E-state index in [9.17, 15) is 22.8 Å². The lowest BCUT2D eigenvalue weighted by molar-refractivity contribution is -0.274. The molecule has 0 saturated heterocycles. The minimum atomic E-state index is -4.82. The van der Waals surface area contributed by atoms with Crippen LogP contribution in [0.2, 0.25) is 0 Å². The molecule has 0 atom stereocenters. The van der Waals surface area contributed by atoms with Gasteiger partial charge in [0.1, 0.15) is 11.5 Å². The van der Waals surface area contributed by atoms with Crippen LogP contribution < -0.4 is 9.47 Å². The second-order valence-electron chi connectivity index (χ2n) is 7.38. The minimum Gasteiger partial charge on any atom is -0.497 e. The van der Waals surface area contributed by atoms with E-state index in [0.29, 0.717) is 27.9 Å². The summed E-state index contributed by atoms with van der Waals surface area (Å²) in [4.78, 5) is 25.6. The number of hydrogen-bond acceptors (Lipinski definition) is 5. The Morgan fingerprint density at radius 1 is 1.03 bits per heavy atom. The third kappa shape index (κ3) is 5.04. The zero-order chi connectivity index (χ0) is 23.6. The summed E-state index contributed by atoms with van der Waals surface area (Å²) in [6.45, 7) is 5.18. The molecule has 1 aromatic heterocycles. The Kier molecular flexibility index (Phi) is 6.47. The van der Waals surface area contributed by atoms with Crippen molar-refractivity contribution in [1.82, 2.24) is 4.57 Å². The number of carbonyl (C=O) groups excluding carboxylic acids is 2. The molecule has 2 aromatic carbocycles. The molecule has 0 radical (unpaired) electrons. The van der Waals surface area contributed by atoms with Crippen molar-refractivity contribution in [1.29, 1.82) is 0 Å². The Labute approximate surface area is 182 Å². The fraction of sp³-hybridized carbons (Fsp3) is 0.304. The highest BCUT2D eigenvalue weighted by Gasteiger charge is 2.31. The second-order valence-corrected chi connectivity index (χ2v) is 7.38. The predicted molar refractivity (Wildman–Crippen MR) is 111 cm³/mol. The number of ether oxygens (including phenoxy) is 3. The van der Waals surface area contributed by atoms with Gasteiger partial charge in [0.15, 0.2) is 0 Å². The normalized spacial score (nSPS) is 11.6. The van der Waals surface area contributed by atoms with E-state index in [1.54, 1.807) is 39.0 Å². The van der Waals surface area contributed by atoms with E-state index in [-0.39, 0.29) is 18.1 Å². The Morgan fingerprint density at radius 3 is 2.22 bits per heavy atom. The first kappa shape index (κ1) is 23.2. The largest absolute Gasteiger partial charge is 0.573 e. The number of halogens is 3. The number of methoxy groups -OCH3 is 1. The maximum atomic E-state index is 13.3. The van der Waals surface area contributed by atoms with Gasteiger partial charge in [-0.05, 0) is 68.8 Å². The zero-order valence-electron chi connectivity index (χ0n) is 17.9. The fourth-order valence-corrected chi connectivity index (χ4v) is 3.45. The first-order chi connectivity index (χ1) is 15.0. The van der Waals surface area contributed by atoms with Gasteiger partial charge in [0.25, 0.3) is 5.91 Å². The number of hydrogen-bond donors (Lipinski definition) is 0. The molecule has 3 rings (SSSR count). The summed E-state index contributed by atoms with van der Waals surface area (Å²) in [6, 6.07) is 9.76. The Balaban J connectivity index is 2.05. The molecular formula is C23H22F3NO5. The highest BCUT2D eigenvalue weighted by Crippen LogP contribution is 2.31. The van der Waals surface area contributed by atoms with E-state index in [1.165, 1.54) is 23.8 Å². The van der Waals surface area contributed by atoms with Gasteiger partial charge in [0, 0.05) is 16.6 Å². The maximum Gasteiger partial charge on any atom is 0.573 e. The zero-order valence-corrected chi connectivity index (χ0v) is 17.9. The third-order valence-electron chi connectivity index (χ3n) is 4.77. The predicted octanol–water partition coefficient (Wildman–Crippen LogP) is 5.04. The number of esters is 1. The molecule has 0 amide bonds. The summed E-state index contributed by atoms with van der Waals surface area (Å²) >= 11 is 0. The summed E-state index contributed by atoms with van der Waals surface area (Å²) in [7, 11) is 1.51. The van der Waals surface area contributed by atoms with E-state index in [0.717, 1.165) is 12.1 Å². The Bertz CT molecular complexity index is 1150. The van der Waals surface area contributed by atoms with Crippen LogP contribution in [0.25, 0.3) is 10.9 Å². The SMILES string of the molecule is COc1ccc2c(c1)c(CC(=O)OC(C)C)c(C)n2C(=O)c1ccc(OC(F)(F)F)cc1. The highest BCUT2D eigenvalue weighted by molar-refractivity contribution is 6.05. The van der Waals surface area contributed by atoms with Crippen molar-refractivity contribution in [2.24, 2.45) is 0 Å². The number of benzene rings is 2. The van der Waals surface area contributed by atoms with Gasteiger partial charge in [0.05, 0.1) is 25.2 Å². The van der Waals surface area contributed by atoms with Crippen molar-refractivity contribution in [2.75, 3.05) is 7.11 Å². The molecule has 0 unspecified atom stereocenters. The molecule has 3 aromatic rings. The second kappa shape index (κ2) is 8.94. The summed E-state index contributed by atoms with van der Waals surface area (Å²) in [6.07, 6.45) is -5.16. The van der Waals surface area contributed by atoms with Crippen molar-refractivity contribution in [3.63, 3.8) is 0 Å². The molecule has 170 valence electrons. The average molecular weight is 449 g/mol. The van der Waals surface area contributed by atoms with Crippen LogP contribution in [0.15, 0.2) is 42.5 Å². The number of carbonyl (C=O) groups is 2. The van der Waals surface area contributed by atoms with Crippen LogP contribution in [-0.2, 0) is 16.0 Å². The fourth-order valence-electron chi connectivity index (χ4n) is 3.45. The van der Waals surface area contributed by atoms with E-state index in [1.807, 2.05) is 0 Å². The van der Waals surface area contributed by atoms with Crippen LogP contribution in [0, 0.1) is 6.92 Å². The monoisotopic (exact) mass is 449 g/mol. The average Bonchev–Trinajstić information content (AvgIpc) is 2.97. The maximum absolute atomic E-state index is 13.3. The molecule has 0 fully saturated rings. The van der Waals surface area contributed by atoms with Crippen LogP contribution in [0.1, 0.15) is 35.5 Å². The van der Waals surface area contributed by atoms with Crippen molar-refractivity contribution >= 4 is 22.8 Å².